The van der Waals surface area contributed by atoms with E-state index in [2.05, 4.69) is 16.9 Å². The standard InChI is InChI=1S/C20H25NO4S/c1-14-9-18(24-3)19(10-15(14)2)26(22,23)21-13-20(25-4)11-16-7-5-6-8-17(16)12-20/h5-10,21H,11-13H2,1-4H3. The average molecular weight is 375 g/mol. The first-order valence-corrected chi connectivity index (χ1v) is 10.1. The highest BCUT2D eigenvalue weighted by Gasteiger charge is 2.38. The minimum absolute atomic E-state index is 0.157. The van der Waals surface area contributed by atoms with Crippen molar-refractivity contribution in [2.24, 2.45) is 0 Å². The van der Waals surface area contributed by atoms with E-state index >= 15 is 0 Å². The van der Waals surface area contributed by atoms with Gasteiger partial charge in [-0.3, -0.25) is 0 Å². The largest absolute Gasteiger partial charge is 0.495 e. The molecule has 0 radical (unpaired) electrons. The molecule has 2 aromatic carbocycles. The predicted octanol–water partition coefficient (Wildman–Crippen LogP) is 2.77. The van der Waals surface area contributed by atoms with E-state index in [1.54, 1.807) is 19.2 Å². The first-order chi connectivity index (χ1) is 12.3. The van der Waals surface area contributed by atoms with E-state index in [1.165, 1.54) is 18.2 Å². The molecule has 0 saturated heterocycles. The van der Waals surface area contributed by atoms with E-state index < -0.39 is 15.6 Å². The molecule has 0 fully saturated rings. The molecule has 1 aliphatic rings. The summed E-state index contributed by atoms with van der Waals surface area (Å²) in [7, 11) is -0.605. The van der Waals surface area contributed by atoms with Crippen molar-refractivity contribution in [3.63, 3.8) is 0 Å². The number of hydrogen-bond acceptors (Lipinski definition) is 4. The van der Waals surface area contributed by atoms with Crippen LogP contribution in [0.4, 0.5) is 0 Å². The number of sulfonamides is 1. The van der Waals surface area contributed by atoms with Crippen LogP contribution in [0.15, 0.2) is 41.3 Å². The van der Waals surface area contributed by atoms with Crippen molar-refractivity contribution in [1.29, 1.82) is 0 Å². The summed E-state index contributed by atoms with van der Waals surface area (Å²) in [6, 6.07) is 11.5. The van der Waals surface area contributed by atoms with Gasteiger partial charge >= 0.3 is 0 Å². The van der Waals surface area contributed by atoms with Crippen molar-refractivity contribution < 1.29 is 17.9 Å². The number of rotatable bonds is 6. The third-order valence-corrected chi connectivity index (χ3v) is 6.65. The zero-order valence-corrected chi connectivity index (χ0v) is 16.4. The van der Waals surface area contributed by atoms with Crippen molar-refractivity contribution in [3.8, 4) is 5.75 Å². The molecule has 0 aromatic heterocycles. The molecule has 0 amide bonds. The van der Waals surface area contributed by atoms with Crippen molar-refractivity contribution >= 4 is 10.0 Å². The van der Waals surface area contributed by atoms with Gasteiger partial charge in [-0.15, -0.1) is 0 Å². The summed E-state index contributed by atoms with van der Waals surface area (Å²) in [4.78, 5) is 0.157. The Balaban J connectivity index is 1.84. The number of aryl methyl sites for hydroxylation is 2. The number of benzene rings is 2. The van der Waals surface area contributed by atoms with E-state index in [1.807, 2.05) is 26.0 Å². The number of methoxy groups -OCH3 is 2. The van der Waals surface area contributed by atoms with Crippen molar-refractivity contribution in [2.75, 3.05) is 20.8 Å². The lowest BCUT2D eigenvalue weighted by Gasteiger charge is -2.28. The van der Waals surface area contributed by atoms with Gasteiger partial charge in [0.2, 0.25) is 10.0 Å². The van der Waals surface area contributed by atoms with Crippen LogP contribution in [-0.2, 0) is 27.6 Å². The second-order valence-corrected chi connectivity index (χ2v) is 8.66. The highest BCUT2D eigenvalue weighted by molar-refractivity contribution is 7.89. The van der Waals surface area contributed by atoms with Crippen molar-refractivity contribution in [2.45, 2.75) is 37.2 Å². The van der Waals surface area contributed by atoms with Crippen molar-refractivity contribution in [3.05, 3.63) is 58.7 Å². The second kappa shape index (κ2) is 7.02. The molecule has 140 valence electrons. The Hall–Kier alpha value is -1.89. The topological polar surface area (TPSA) is 64.6 Å². The summed E-state index contributed by atoms with van der Waals surface area (Å²) < 4.78 is 39.6. The first-order valence-electron chi connectivity index (χ1n) is 8.57. The summed E-state index contributed by atoms with van der Waals surface area (Å²) >= 11 is 0. The summed E-state index contributed by atoms with van der Waals surface area (Å²) in [6.07, 6.45) is 1.37. The van der Waals surface area contributed by atoms with Crippen LogP contribution in [0.1, 0.15) is 22.3 Å². The SMILES string of the molecule is COc1cc(C)c(C)cc1S(=O)(=O)NCC1(OC)Cc2ccccc2C1. The molecule has 0 spiro atoms. The van der Waals surface area contributed by atoms with E-state index in [4.69, 9.17) is 9.47 Å². The Morgan fingerprint density at radius 3 is 2.15 bits per heavy atom. The first kappa shape index (κ1) is 18.9. The highest BCUT2D eigenvalue weighted by Crippen LogP contribution is 2.33. The number of ether oxygens (including phenoxy) is 2. The van der Waals surface area contributed by atoms with Gasteiger partial charge in [0.05, 0.1) is 12.7 Å². The molecular formula is C20H25NO4S. The van der Waals surface area contributed by atoms with E-state index in [-0.39, 0.29) is 11.4 Å². The van der Waals surface area contributed by atoms with Gasteiger partial charge in [0.1, 0.15) is 10.6 Å². The Labute approximate surface area is 155 Å². The van der Waals surface area contributed by atoms with Crippen LogP contribution in [-0.4, -0.2) is 34.8 Å². The summed E-state index contributed by atoms with van der Waals surface area (Å²) in [5.41, 5.74) is 3.74. The Kier molecular flexibility index (Phi) is 5.10. The summed E-state index contributed by atoms with van der Waals surface area (Å²) in [5.74, 6) is 0.349. The highest BCUT2D eigenvalue weighted by atomic mass is 32.2. The maximum Gasteiger partial charge on any atom is 0.244 e. The zero-order valence-electron chi connectivity index (χ0n) is 15.6. The minimum Gasteiger partial charge on any atom is -0.495 e. The van der Waals surface area contributed by atoms with Gasteiger partial charge in [0, 0.05) is 26.5 Å². The average Bonchev–Trinajstić information content (AvgIpc) is 3.01. The molecule has 0 heterocycles. The van der Waals surface area contributed by atoms with Gasteiger partial charge in [0.15, 0.2) is 0 Å². The molecule has 0 bridgehead atoms. The van der Waals surface area contributed by atoms with Crippen molar-refractivity contribution in [1.82, 2.24) is 4.72 Å². The molecule has 26 heavy (non-hydrogen) atoms. The van der Waals surface area contributed by atoms with Gasteiger partial charge in [-0.2, -0.15) is 0 Å². The molecule has 0 saturated carbocycles. The molecule has 0 unspecified atom stereocenters. The van der Waals surface area contributed by atoms with Gasteiger partial charge < -0.3 is 9.47 Å². The fraction of sp³-hybridized carbons (Fsp3) is 0.400. The monoisotopic (exact) mass is 375 g/mol. The molecule has 6 heteroatoms. The lowest BCUT2D eigenvalue weighted by Crippen LogP contribution is -2.45. The normalized spacial score (nSPS) is 15.7. The smallest absolute Gasteiger partial charge is 0.244 e. The number of hydrogen-bond donors (Lipinski definition) is 1. The minimum atomic E-state index is -3.72. The van der Waals surface area contributed by atoms with Gasteiger partial charge in [-0.25, -0.2) is 13.1 Å². The third kappa shape index (κ3) is 3.49. The molecule has 1 aliphatic carbocycles. The quantitative estimate of drug-likeness (QED) is 0.843. The molecule has 5 nitrogen and oxygen atoms in total. The van der Waals surface area contributed by atoms with Crippen LogP contribution >= 0.6 is 0 Å². The Morgan fingerprint density at radius 1 is 1.04 bits per heavy atom. The van der Waals surface area contributed by atoms with Gasteiger partial charge in [-0.1, -0.05) is 24.3 Å². The third-order valence-electron chi connectivity index (χ3n) is 5.23. The number of nitrogens with one attached hydrogen (secondary N) is 1. The Morgan fingerprint density at radius 2 is 1.62 bits per heavy atom. The van der Waals surface area contributed by atoms with Gasteiger partial charge in [-0.05, 0) is 48.2 Å². The fourth-order valence-corrected chi connectivity index (χ4v) is 4.79. The maximum absolute atomic E-state index is 12.9. The second-order valence-electron chi connectivity index (χ2n) is 6.92. The molecule has 1 N–H and O–H groups in total. The van der Waals surface area contributed by atoms with Crippen LogP contribution in [0.25, 0.3) is 0 Å². The molecule has 0 aliphatic heterocycles. The van der Waals surface area contributed by atoms with E-state index in [9.17, 15) is 8.42 Å². The van der Waals surface area contributed by atoms with Crippen LogP contribution in [0.3, 0.4) is 0 Å². The van der Waals surface area contributed by atoms with Crippen LogP contribution in [0.2, 0.25) is 0 Å². The molecular weight excluding hydrogens is 350 g/mol. The summed E-state index contributed by atoms with van der Waals surface area (Å²) in [6.45, 7) is 4.02. The van der Waals surface area contributed by atoms with Crippen LogP contribution < -0.4 is 9.46 Å². The predicted molar refractivity (Wildman–Crippen MR) is 101 cm³/mol. The zero-order chi connectivity index (χ0) is 18.9. The summed E-state index contributed by atoms with van der Waals surface area (Å²) in [5, 5.41) is 0. The molecule has 0 atom stereocenters. The molecule has 2 aromatic rings. The Bertz CT molecular complexity index is 896. The van der Waals surface area contributed by atoms with E-state index in [0.717, 1.165) is 11.1 Å². The van der Waals surface area contributed by atoms with Crippen LogP contribution in [0, 0.1) is 13.8 Å². The number of fused-ring (bicyclic) bond motifs is 1. The van der Waals surface area contributed by atoms with Crippen LogP contribution in [0.5, 0.6) is 5.75 Å². The molecule has 3 rings (SSSR count). The fourth-order valence-electron chi connectivity index (χ4n) is 3.44. The van der Waals surface area contributed by atoms with E-state index in [0.29, 0.717) is 18.6 Å². The lowest BCUT2D eigenvalue weighted by atomic mass is 10.0. The van der Waals surface area contributed by atoms with Gasteiger partial charge in [0.25, 0.3) is 0 Å². The maximum atomic E-state index is 12.9. The lowest BCUT2D eigenvalue weighted by molar-refractivity contribution is 0.00377.